The molecule has 6 heteroatoms. The van der Waals surface area contributed by atoms with Gasteiger partial charge in [-0.1, -0.05) is 170 Å². The maximum absolute atomic E-state index is 6.64. The molecule has 0 unspecified atom stereocenters. The minimum absolute atomic E-state index is 0.517. The number of nitrogens with zero attached hydrogens (tertiary/aromatic N) is 4. The van der Waals surface area contributed by atoms with Crippen LogP contribution in [-0.4, -0.2) is 19.5 Å². The fraction of sp³-hybridized carbons (Fsp3) is 0.0156. The third-order valence-corrected chi connectivity index (χ3v) is 15.7. The molecule has 0 N–H and O–H groups in total. The Morgan fingerprint density at radius 2 is 0.986 bits per heavy atom. The molecule has 0 radical (unpaired) electrons. The second kappa shape index (κ2) is 15.0. The molecule has 0 spiro atoms. The van der Waals surface area contributed by atoms with E-state index in [1.54, 1.807) is 11.3 Å². The van der Waals surface area contributed by atoms with Gasteiger partial charge in [0.25, 0.3) is 0 Å². The van der Waals surface area contributed by atoms with Crippen LogP contribution in [0.4, 0.5) is 0 Å². The SMILES string of the molecule is c1ccc(-c2nc(-c3ccc(-n4c5ccccc5c5cc6c(cc54)C(c4ccccc4)(c4ccccc4)c4ccccc4-6)cc3)nc(-c3cc4c5ccccc5oc4c4c3sc3ccccc34)n2)cc1. The van der Waals surface area contributed by atoms with Crippen LogP contribution in [0.15, 0.2) is 235 Å². The van der Waals surface area contributed by atoms with Gasteiger partial charge in [0.1, 0.15) is 11.2 Å². The number of para-hydroxylation sites is 2. The van der Waals surface area contributed by atoms with Crippen molar-refractivity contribution in [2.75, 3.05) is 0 Å². The minimum atomic E-state index is -0.517. The van der Waals surface area contributed by atoms with Crippen LogP contribution in [0, 0.1) is 0 Å². The maximum Gasteiger partial charge on any atom is 0.165 e. The Morgan fingerprint density at radius 1 is 0.400 bits per heavy atom. The Labute approximate surface area is 406 Å². The number of aromatic nitrogens is 4. The third-order valence-electron chi connectivity index (χ3n) is 14.5. The van der Waals surface area contributed by atoms with Gasteiger partial charge < -0.3 is 8.98 Å². The molecule has 1 aliphatic carbocycles. The van der Waals surface area contributed by atoms with Crippen molar-refractivity contribution in [3.63, 3.8) is 0 Å². The molecule has 0 aliphatic heterocycles. The van der Waals surface area contributed by atoms with Gasteiger partial charge in [0, 0.05) is 59.4 Å². The Hall–Kier alpha value is -8.97. The summed E-state index contributed by atoms with van der Waals surface area (Å²) in [6, 6.07) is 82.7. The summed E-state index contributed by atoms with van der Waals surface area (Å²) in [6.45, 7) is 0. The highest BCUT2D eigenvalue weighted by Crippen LogP contribution is 2.57. The summed E-state index contributed by atoms with van der Waals surface area (Å²) < 4.78 is 11.3. The maximum atomic E-state index is 6.64. The van der Waals surface area contributed by atoms with Gasteiger partial charge in [0.2, 0.25) is 0 Å². The van der Waals surface area contributed by atoms with Crippen molar-refractivity contribution in [1.82, 2.24) is 19.5 Å². The van der Waals surface area contributed by atoms with E-state index in [0.29, 0.717) is 17.5 Å². The molecule has 0 saturated carbocycles. The normalized spacial score (nSPS) is 13.0. The van der Waals surface area contributed by atoms with Crippen molar-refractivity contribution in [2.45, 2.75) is 5.41 Å². The highest BCUT2D eigenvalue weighted by Gasteiger charge is 2.46. The number of hydrogen-bond donors (Lipinski definition) is 0. The van der Waals surface area contributed by atoms with E-state index < -0.39 is 5.41 Å². The molecular weight excluding hydrogens is 873 g/mol. The molecule has 326 valence electrons. The molecular formula is C64H38N4OS. The number of thiophene rings is 1. The molecule has 5 nitrogen and oxygen atoms in total. The van der Waals surface area contributed by atoms with Gasteiger partial charge in [-0.05, 0) is 94.0 Å². The Kier molecular flexibility index (Phi) is 8.38. The molecule has 70 heavy (non-hydrogen) atoms. The first-order valence-electron chi connectivity index (χ1n) is 23.7. The fourth-order valence-electron chi connectivity index (χ4n) is 11.5. The zero-order valence-corrected chi connectivity index (χ0v) is 38.4. The van der Waals surface area contributed by atoms with Gasteiger partial charge in [0.15, 0.2) is 17.5 Å². The number of benzene rings is 10. The monoisotopic (exact) mass is 910 g/mol. The minimum Gasteiger partial charge on any atom is -0.455 e. The van der Waals surface area contributed by atoms with Gasteiger partial charge in [-0.3, -0.25) is 0 Å². The Morgan fingerprint density at radius 3 is 1.74 bits per heavy atom. The van der Waals surface area contributed by atoms with E-state index in [1.165, 1.54) is 48.9 Å². The van der Waals surface area contributed by atoms with Crippen molar-refractivity contribution >= 4 is 75.3 Å². The molecule has 15 rings (SSSR count). The lowest BCUT2D eigenvalue weighted by Gasteiger charge is -2.34. The summed E-state index contributed by atoms with van der Waals surface area (Å²) in [5, 5.41) is 6.78. The average Bonchev–Trinajstić information content (AvgIpc) is 4.18. The van der Waals surface area contributed by atoms with Gasteiger partial charge in [-0.15, -0.1) is 11.3 Å². The van der Waals surface area contributed by atoms with E-state index in [9.17, 15) is 0 Å². The standard InChI is InChI=1S/C64H38N4OS/c1-4-18-39(19-5-1)61-65-62(67-63(66-61)51-37-50-46-26-12-16-30-56(46)69-59(50)58-47-27-13-17-31-57(47)70-60(51)58)40-32-34-43(35-33-40)68-54-29-15-11-25-45(54)49-36-48-44-24-10-14-28-52(44)64(53(48)38-55(49)68,41-20-6-2-7-21-41)42-22-8-3-9-23-42/h1-38H. The highest BCUT2D eigenvalue weighted by atomic mass is 32.1. The van der Waals surface area contributed by atoms with E-state index in [2.05, 4.69) is 205 Å². The molecule has 0 fully saturated rings. The molecule has 14 aromatic rings. The quantitative estimate of drug-likeness (QED) is 0.167. The summed E-state index contributed by atoms with van der Waals surface area (Å²) in [4.78, 5) is 15.8. The topological polar surface area (TPSA) is 56.7 Å². The summed E-state index contributed by atoms with van der Waals surface area (Å²) in [7, 11) is 0. The van der Waals surface area contributed by atoms with Crippen molar-refractivity contribution in [2.24, 2.45) is 0 Å². The summed E-state index contributed by atoms with van der Waals surface area (Å²) >= 11 is 1.75. The zero-order chi connectivity index (χ0) is 45.9. The van der Waals surface area contributed by atoms with Crippen LogP contribution in [0.1, 0.15) is 22.3 Å². The van der Waals surface area contributed by atoms with Crippen LogP contribution in [0.3, 0.4) is 0 Å². The molecule has 4 heterocycles. The van der Waals surface area contributed by atoms with Gasteiger partial charge in [-0.25, -0.2) is 15.0 Å². The van der Waals surface area contributed by atoms with Crippen molar-refractivity contribution in [3.8, 4) is 51.0 Å². The fourth-order valence-corrected chi connectivity index (χ4v) is 12.7. The zero-order valence-electron chi connectivity index (χ0n) is 37.5. The smallest absolute Gasteiger partial charge is 0.165 e. The lowest BCUT2D eigenvalue weighted by Crippen LogP contribution is -2.28. The first-order chi connectivity index (χ1) is 34.7. The number of hydrogen-bond acceptors (Lipinski definition) is 5. The van der Waals surface area contributed by atoms with E-state index in [4.69, 9.17) is 19.4 Å². The Bertz CT molecular complexity index is 4360. The van der Waals surface area contributed by atoms with E-state index in [1.807, 2.05) is 30.3 Å². The van der Waals surface area contributed by atoms with Crippen LogP contribution in [0.5, 0.6) is 0 Å². The largest absolute Gasteiger partial charge is 0.455 e. The third kappa shape index (κ3) is 5.56. The second-order valence-electron chi connectivity index (χ2n) is 18.2. The van der Waals surface area contributed by atoms with Crippen LogP contribution >= 0.6 is 11.3 Å². The molecule has 0 atom stereocenters. The van der Waals surface area contributed by atoms with Crippen LogP contribution in [-0.2, 0) is 5.41 Å². The molecule has 0 amide bonds. The Balaban J connectivity index is 0.935. The molecule has 0 bridgehead atoms. The summed E-state index contributed by atoms with van der Waals surface area (Å²) in [6.07, 6.45) is 0. The van der Waals surface area contributed by atoms with Crippen LogP contribution in [0.25, 0.3) is 115 Å². The molecule has 10 aromatic carbocycles. The van der Waals surface area contributed by atoms with Gasteiger partial charge >= 0.3 is 0 Å². The summed E-state index contributed by atoms with van der Waals surface area (Å²) in [5.74, 6) is 1.85. The first-order valence-corrected chi connectivity index (χ1v) is 24.5. The lowest BCUT2D eigenvalue weighted by atomic mass is 9.67. The van der Waals surface area contributed by atoms with E-state index >= 15 is 0 Å². The molecule has 0 saturated heterocycles. The predicted octanol–water partition coefficient (Wildman–Crippen LogP) is 16.6. The molecule has 4 aromatic heterocycles. The number of rotatable bonds is 6. The van der Waals surface area contributed by atoms with E-state index in [0.717, 1.165) is 70.8 Å². The van der Waals surface area contributed by atoms with Crippen molar-refractivity contribution < 1.29 is 4.42 Å². The predicted molar refractivity (Wildman–Crippen MR) is 288 cm³/mol. The van der Waals surface area contributed by atoms with E-state index in [-0.39, 0.29) is 0 Å². The average molecular weight is 911 g/mol. The van der Waals surface area contributed by atoms with Gasteiger partial charge in [0.05, 0.1) is 21.1 Å². The molecule has 1 aliphatic rings. The highest BCUT2D eigenvalue weighted by molar-refractivity contribution is 7.26. The number of fused-ring (bicyclic) bond motifs is 13. The lowest BCUT2D eigenvalue weighted by molar-refractivity contribution is 0.673. The van der Waals surface area contributed by atoms with Crippen LogP contribution < -0.4 is 0 Å². The summed E-state index contributed by atoms with van der Waals surface area (Å²) in [5.41, 5.74) is 15.0. The van der Waals surface area contributed by atoms with Crippen LogP contribution in [0.2, 0.25) is 0 Å². The second-order valence-corrected chi connectivity index (χ2v) is 19.3. The number of furan rings is 1. The van der Waals surface area contributed by atoms with Gasteiger partial charge in [-0.2, -0.15) is 0 Å². The first kappa shape index (κ1) is 39.1. The van der Waals surface area contributed by atoms with Crippen molar-refractivity contribution in [3.05, 3.63) is 253 Å². The van der Waals surface area contributed by atoms with Crippen molar-refractivity contribution in [1.29, 1.82) is 0 Å².